The number of allylic oxidation sites excluding steroid dienone is 10. The topological polar surface area (TPSA) is 72.8 Å². The Bertz CT molecular complexity index is 1170. The average Bonchev–Trinajstić information content (AvgIpc) is 3.34. The van der Waals surface area contributed by atoms with Crippen LogP contribution in [-0.4, -0.2) is 36.4 Å². The molecule has 5 heteroatoms. The van der Waals surface area contributed by atoms with E-state index in [2.05, 4.69) is 74.6 Å². The van der Waals surface area contributed by atoms with Crippen LogP contribution < -0.4 is 0 Å². The Labute approximate surface area is 423 Å². The van der Waals surface area contributed by atoms with Gasteiger partial charge < -0.3 is 14.6 Å². The van der Waals surface area contributed by atoms with Crippen LogP contribution in [0.25, 0.3) is 0 Å². The van der Waals surface area contributed by atoms with E-state index in [1.165, 1.54) is 218 Å². The predicted octanol–water partition coefficient (Wildman–Crippen LogP) is 20.2. The minimum Gasteiger partial charge on any atom is -0.462 e. The van der Waals surface area contributed by atoms with Crippen LogP contribution >= 0.6 is 0 Å². The predicted molar refractivity (Wildman–Crippen MR) is 297 cm³/mol. The van der Waals surface area contributed by atoms with Gasteiger partial charge in [-0.3, -0.25) is 9.59 Å². The first-order chi connectivity index (χ1) is 33.6. The highest BCUT2D eigenvalue weighted by molar-refractivity contribution is 5.70. The third-order valence-corrected chi connectivity index (χ3v) is 13.3. The number of carbonyl (C=O) groups excluding carboxylic acids is 2. The van der Waals surface area contributed by atoms with Crippen molar-refractivity contribution in [3.05, 3.63) is 60.8 Å². The molecular formula is C63H114O5. The van der Waals surface area contributed by atoms with Crippen LogP contribution in [0.3, 0.4) is 0 Å². The van der Waals surface area contributed by atoms with E-state index < -0.39 is 6.10 Å². The van der Waals surface area contributed by atoms with Crippen LogP contribution in [0.4, 0.5) is 0 Å². The number of ether oxygens (including phenoxy) is 2. The van der Waals surface area contributed by atoms with E-state index in [0.29, 0.717) is 12.8 Å². The molecule has 396 valence electrons. The minimum atomic E-state index is -0.772. The third kappa shape index (κ3) is 56.2. The van der Waals surface area contributed by atoms with E-state index in [9.17, 15) is 14.7 Å². The van der Waals surface area contributed by atoms with Crippen molar-refractivity contribution >= 4 is 11.9 Å². The quantitative estimate of drug-likeness (QED) is 0.0374. The monoisotopic (exact) mass is 951 g/mol. The Morgan fingerprint density at radius 2 is 0.632 bits per heavy atom. The highest BCUT2D eigenvalue weighted by Gasteiger charge is 2.16. The van der Waals surface area contributed by atoms with Gasteiger partial charge in [-0.2, -0.15) is 0 Å². The summed E-state index contributed by atoms with van der Waals surface area (Å²) >= 11 is 0. The molecule has 0 aliphatic heterocycles. The van der Waals surface area contributed by atoms with Crippen molar-refractivity contribution < 1.29 is 24.2 Å². The van der Waals surface area contributed by atoms with Crippen LogP contribution in [0.2, 0.25) is 0 Å². The summed E-state index contributed by atoms with van der Waals surface area (Å²) in [5.41, 5.74) is 0. The number of esters is 2. The second-order valence-electron chi connectivity index (χ2n) is 20.0. The van der Waals surface area contributed by atoms with Gasteiger partial charge in [-0.15, -0.1) is 0 Å². The first-order valence-electron chi connectivity index (χ1n) is 29.8. The fourth-order valence-corrected chi connectivity index (χ4v) is 8.84. The van der Waals surface area contributed by atoms with Gasteiger partial charge in [0.2, 0.25) is 0 Å². The fourth-order valence-electron chi connectivity index (χ4n) is 8.84. The van der Waals surface area contributed by atoms with E-state index in [-0.39, 0.29) is 25.2 Å². The summed E-state index contributed by atoms with van der Waals surface area (Å²) in [7, 11) is 0. The number of aliphatic hydroxyl groups is 1. The Hall–Kier alpha value is -2.40. The molecule has 0 aromatic rings. The van der Waals surface area contributed by atoms with E-state index in [0.717, 1.165) is 64.2 Å². The Balaban J connectivity index is 3.43. The second kappa shape index (κ2) is 58.9. The van der Waals surface area contributed by atoms with Crippen molar-refractivity contribution in [2.45, 2.75) is 315 Å². The molecule has 1 atom stereocenters. The molecule has 68 heavy (non-hydrogen) atoms. The third-order valence-electron chi connectivity index (χ3n) is 13.3. The molecule has 0 amide bonds. The van der Waals surface area contributed by atoms with E-state index in [1.807, 2.05) is 0 Å². The van der Waals surface area contributed by atoms with Crippen molar-refractivity contribution in [3.8, 4) is 0 Å². The SMILES string of the molecule is CC/C=C\C/C=C\C/C=C\C/C=C\CCCCCCCCCCCCCCCCCCCCCCC(=O)OC(CO)COC(=O)CCCCCCCCCCC/C=C\CCCCCCCCCC. The van der Waals surface area contributed by atoms with Gasteiger partial charge in [-0.05, 0) is 77.0 Å². The van der Waals surface area contributed by atoms with Gasteiger partial charge in [0.15, 0.2) is 6.10 Å². The van der Waals surface area contributed by atoms with Crippen molar-refractivity contribution in [1.82, 2.24) is 0 Å². The van der Waals surface area contributed by atoms with E-state index in [1.54, 1.807) is 0 Å². The molecule has 0 aliphatic carbocycles. The lowest BCUT2D eigenvalue weighted by atomic mass is 10.0. The number of aliphatic hydroxyl groups excluding tert-OH is 1. The first kappa shape index (κ1) is 65.6. The smallest absolute Gasteiger partial charge is 0.306 e. The Kier molecular flexibility index (Phi) is 56.8. The molecule has 0 spiro atoms. The van der Waals surface area contributed by atoms with Gasteiger partial charge in [0, 0.05) is 12.8 Å². The van der Waals surface area contributed by atoms with E-state index >= 15 is 0 Å². The van der Waals surface area contributed by atoms with Crippen LogP contribution in [0.15, 0.2) is 60.8 Å². The lowest BCUT2D eigenvalue weighted by Crippen LogP contribution is -2.28. The summed E-state index contributed by atoms with van der Waals surface area (Å²) in [5, 5.41) is 9.66. The average molecular weight is 952 g/mol. The number of rotatable bonds is 55. The maximum Gasteiger partial charge on any atom is 0.306 e. The zero-order valence-corrected chi connectivity index (χ0v) is 45.4. The Morgan fingerprint density at radius 3 is 0.971 bits per heavy atom. The number of hydrogen-bond donors (Lipinski definition) is 1. The van der Waals surface area contributed by atoms with Gasteiger partial charge in [0.25, 0.3) is 0 Å². The minimum absolute atomic E-state index is 0.0638. The molecule has 0 aliphatic rings. The summed E-state index contributed by atoms with van der Waals surface area (Å²) in [6, 6.07) is 0. The fraction of sp³-hybridized carbons (Fsp3) is 0.810. The molecule has 1 unspecified atom stereocenters. The molecule has 0 rings (SSSR count). The molecular weight excluding hydrogens is 837 g/mol. The van der Waals surface area contributed by atoms with Crippen LogP contribution in [0.1, 0.15) is 309 Å². The summed E-state index contributed by atoms with van der Waals surface area (Å²) in [4.78, 5) is 24.5. The van der Waals surface area contributed by atoms with Crippen molar-refractivity contribution in [2.75, 3.05) is 13.2 Å². The van der Waals surface area contributed by atoms with Crippen molar-refractivity contribution in [2.24, 2.45) is 0 Å². The molecule has 0 aromatic heterocycles. The highest BCUT2D eigenvalue weighted by atomic mass is 16.6. The second-order valence-corrected chi connectivity index (χ2v) is 20.0. The zero-order chi connectivity index (χ0) is 49.2. The summed E-state index contributed by atoms with van der Waals surface area (Å²) in [6.45, 7) is 4.06. The van der Waals surface area contributed by atoms with Gasteiger partial charge >= 0.3 is 11.9 Å². The number of carbonyl (C=O) groups is 2. The molecule has 5 nitrogen and oxygen atoms in total. The summed E-state index contributed by atoms with van der Waals surface area (Å²) in [5.74, 6) is -0.578. The van der Waals surface area contributed by atoms with Gasteiger partial charge in [-0.25, -0.2) is 0 Å². The lowest BCUT2D eigenvalue weighted by molar-refractivity contribution is -0.161. The molecule has 1 N–H and O–H groups in total. The summed E-state index contributed by atoms with van der Waals surface area (Å²) in [6.07, 6.45) is 79.3. The van der Waals surface area contributed by atoms with Gasteiger partial charge in [-0.1, -0.05) is 280 Å². The van der Waals surface area contributed by atoms with Crippen LogP contribution in [0, 0.1) is 0 Å². The molecule has 0 radical (unpaired) electrons. The van der Waals surface area contributed by atoms with Crippen LogP contribution in [-0.2, 0) is 19.1 Å². The Morgan fingerprint density at radius 1 is 0.353 bits per heavy atom. The molecule has 0 saturated heterocycles. The largest absolute Gasteiger partial charge is 0.462 e. The molecule has 0 bridgehead atoms. The molecule has 0 fully saturated rings. The van der Waals surface area contributed by atoms with E-state index in [4.69, 9.17) is 9.47 Å². The van der Waals surface area contributed by atoms with Crippen molar-refractivity contribution in [1.29, 1.82) is 0 Å². The molecule has 0 saturated carbocycles. The maximum absolute atomic E-state index is 12.3. The lowest BCUT2D eigenvalue weighted by Gasteiger charge is -2.15. The first-order valence-corrected chi connectivity index (χ1v) is 29.8. The summed E-state index contributed by atoms with van der Waals surface area (Å²) < 4.78 is 10.7. The molecule has 0 aromatic carbocycles. The number of hydrogen-bond acceptors (Lipinski definition) is 5. The molecule has 0 heterocycles. The zero-order valence-electron chi connectivity index (χ0n) is 45.4. The number of unbranched alkanes of at least 4 members (excludes halogenated alkanes) is 37. The standard InChI is InChI=1S/C63H114O5/c1-3-5-7-9-11-13-15-17-19-21-23-25-26-27-28-29-30-31-32-33-34-35-36-38-40-42-44-46-48-50-52-54-56-58-63(66)68-61(59-64)60-67-62(65)57-55-53-51-49-47-45-43-41-39-37-24-22-20-18-16-14-12-10-8-6-4-2/h5,7,11,13,17,19,22-25,61,64H,3-4,6,8-10,12,14-16,18,20-21,26-60H2,1-2H3/b7-5-,13-11-,19-17-,24-22-,25-23-. The van der Waals surface area contributed by atoms with Crippen molar-refractivity contribution in [3.63, 3.8) is 0 Å². The normalized spacial score (nSPS) is 12.6. The van der Waals surface area contributed by atoms with Gasteiger partial charge in [0.1, 0.15) is 6.61 Å². The maximum atomic E-state index is 12.3. The van der Waals surface area contributed by atoms with Crippen LogP contribution in [0.5, 0.6) is 0 Å². The highest BCUT2D eigenvalue weighted by Crippen LogP contribution is 2.17. The van der Waals surface area contributed by atoms with Gasteiger partial charge in [0.05, 0.1) is 6.61 Å².